The van der Waals surface area contributed by atoms with E-state index in [1.54, 1.807) is 6.07 Å². The first-order valence-electron chi connectivity index (χ1n) is 12.3. The molecule has 0 heterocycles. The van der Waals surface area contributed by atoms with Crippen LogP contribution in [0.1, 0.15) is 55.8 Å². The van der Waals surface area contributed by atoms with Gasteiger partial charge in [-0.15, -0.1) is 0 Å². The van der Waals surface area contributed by atoms with Crippen LogP contribution in [0.2, 0.25) is 0 Å². The Morgan fingerprint density at radius 3 is 2.00 bits per heavy atom. The Balaban J connectivity index is 1.44. The van der Waals surface area contributed by atoms with Gasteiger partial charge in [0.05, 0.1) is 6.61 Å². The Kier molecular flexibility index (Phi) is 5.15. The predicted octanol–water partition coefficient (Wildman–Crippen LogP) is 3.68. The summed E-state index contributed by atoms with van der Waals surface area (Å²) in [7, 11) is -1.47. The Morgan fingerprint density at radius 2 is 1.36 bits per heavy atom. The molecule has 4 nitrogen and oxygen atoms in total. The van der Waals surface area contributed by atoms with Crippen LogP contribution in [0.4, 0.5) is 0 Å². The Bertz CT molecular complexity index is 1170. The maximum absolute atomic E-state index is 10.7. The second-order valence-electron chi connectivity index (χ2n) is 10.9. The lowest BCUT2D eigenvalue weighted by Crippen LogP contribution is -2.49. The number of fused-ring (bicyclic) bond motifs is 1. The van der Waals surface area contributed by atoms with Crippen molar-refractivity contribution in [2.75, 3.05) is 6.61 Å². The molecule has 4 saturated carbocycles. The normalized spacial score (nSPS) is 28.9. The average molecular weight is 442 g/mol. The number of hydrogen-bond acceptors (Lipinski definition) is 4. The molecule has 1 unspecified atom stereocenters. The first kappa shape index (κ1) is 21.4. The largest absolute Gasteiger partial charge is 0.488 e. The van der Waals surface area contributed by atoms with Crippen molar-refractivity contribution in [3.8, 4) is 11.1 Å². The van der Waals surface area contributed by atoms with Crippen molar-refractivity contribution in [2.24, 2.45) is 17.8 Å². The van der Waals surface area contributed by atoms with Crippen molar-refractivity contribution >= 4 is 23.4 Å². The van der Waals surface area contributed by atoms with Crippen molar-refractivity contribution in [3.05, 3.63) is 65.7 Å². The van der Waals surface area contributed by atoms with Gasteiger partial charge < -0.3 is 20.3 Å². The Hall–Kier alpha value is -2.18. The molecule has 5 heteroatoms. The molecule has 0 spiro atoms. The second kappa shape index (κ2) is 7.95. The van der Waals surface area contributed by atoms with Gasteiger partial charge in [0, 0.05) is 0 Å². The highest BCUT2D eigenvalue weighted by atomic mass is 16.4. The fourth-order valence-corrected chi connectivity index (χ4v) is 7.63. The van der Waals surface area contributed by atoms with E-state index in [0.29, 0.717) is 5.46 Å². The van der Waals surface area contributed by atoms with E-state index in [2.05, 4.69) is 24.3 Å². The molecule has 1 atom stereocenters. The molecule has 4 bridgehead atoms. The summed E-state index contributed by atoms with van der Waals surface area (Å²) in [5.41, 5.74) is 4.99. The summed E-state index contributed by atoms with van der Waals surface area (Å²) in [5.74, 6) is 2.40. The van der Waals surface area contributed by atoms with E-state index in [1.165, 1.54) is 44.1 Å². The fraction of sp³-hybridized carbons (Fsp3) is 0.429. The summed E-state index contributed by atoms with van der Waals surface area (Å²) in [6.07, 6.45) is 6.87. The molecule has 170 valence electrons. The minimum absolute atomic E-state index is 0.124. The third-order valence-corrected chi connectivity index (χ3v) is 8.69. The third kappa shape index (κ3) is 3.62. The van der Waals surface area contributed by atoms with Gasteiger partial charge in [0.2, 0.25) is 0 Å². The molecule has 3 aromatic rings. The van der Waals surface area contributed by atoms with Crippen LogP contribution >= 0.6 is 0 Å². The number of aliphatic hydroxyl groups excluding tert-OH is 2. The molecule has 4 N–H and O–H groups in total. The summed E-state index contributed by atoms with van der Waals surface area (Å²) in [6.45, 7) is -0.256. The first-order valence-corrected chi connectivity index (χ1v) is 12.3. The molecular formula is C28H31BO4. The van der Waals surface area contributed by atoms with Gasteiger partial charge in [0.1, 0.15) is 6.10 Å². The van der Waals surface area contributed by atoms with Crippen molar-refractivity contribution < 1.29 is 20.3 Å². The lowest BCUT2D eigenvalue weighted by atomic mass is 9.47. The van der Waals surface area contributed by atoms with Gasteiger partial charge >= 0.3 is 7.12 Å². The van der Waals surface area contributed by atoms with Gasteiger partial charge in [-0.3, -0.25) is 0 Å². The topological polar surface area (TPSA) is 80.9 Å². The molecule has 0 aromatic heterocycles. The first-order chi connectivity index (χ1) is 15.9. The molecule has 3 aromatic carbocycles. The van der Waals surface area contributed by atoms with Gasteiger partial charge in [-0.05, 0) is 106 Å². The maximum Gasteiger partial charge on any atom is 0.488 e. The van der Waals surface area contributed by atoms with E-state index in [1.807, 2.05) is 24.3 Å². The molecule has 4 aliphatic carbocycles. The average Bonchev–Trinajstić information content (AvgIpc) is 2.81. The third-order valence-electron chi connectivity index (χ3n) is 8.69. The Labute approximate surface area is 195 Å². The molecular weight excluding hydrogens is 411 g/mol. The van der Waals surface area contributed by atoms with Crippen LogP contribution in [0.3, 0.4) is 0 Å². The van der Waals surface area contributed by atoms with E-state index in [0.717, 1.165) is 45.2 Å². The summed E-state index contributed by atoms with van der Waals surface area (Å²) < 4.78 is 0. The van der Waals surface area contributed by atoms with Crippen LogP contribution in [-0.4, -0.2) is 34.0 Å². The number of benzene rings is 3. The van der Waals surface area contributed by atoms with Crippen molar-refractivity contribution in [3.63, 3.8) is 0 Å². The summed E-state index contributed by atoms with van der Waals surface area (Å²) in [5, 5.41) is 41.4. The smallest absolute Gasteiger partial charge is 0.423 e. The molecule has 0 amide bonds. The Morgan fingerprint density at radius 1 is 0.788 bits per heavy atom. The van der Waals surface area contributed by atoms with E-state index >= 15 is 0 Å². The summed E-state index contributed by atoms with van der Waals surface area (Å²) >= 11 is 0. The van der Waals surface area contributed by atoms with Gasteiger partial charge in [0.15, 0.2) is 0 Å². The fourth-order valence-electron chi connectivity index (χ4n) is 7.63. The van der Waals surface area contributed by atoms with Crippen LogP contribution in [0.15, 0.2) is 54.6 Å². The monoisotopic (exact) mass is 442 g/mol. The molecule has 33 heavy (non-hydrogen) atoms. The standard InChI is InChI=1S/C28H31BO4/c30-16-27(31)25-6-4-23(20-1-2-22-11-24(29(32)33)5-3-21(22)10-20)12-26(25)28-13-17-7-18(14-28)9-19(8-17)15-28/h1-6,10-12,17-19,27,30-33H,7-9,13-16H2. The van der Waals surface area contributed by atoms with Crippen LogP contribution in [0.25, 0.3) is 21.9 Å². The van der Waals surface area contributed by atoms with E-state index in [4.69, 9.17) is 0 Å². The zero-order valence-corrected chi connectivity index (χ0v) is 18.8. The number of aliphatic hydroxyl groups is 2. The van der Waals surface area contributed by atoms with E-state index < -0.39 is 13.2 Å². The molecule has 0 aliphatic heterocycles. The summed E-state index contributed by atoms with van der Waals surface area (Å²) in [6, 6.07) is 18.1. The predicted molar refractivity (Wildman–Crippen MR) is 131 cm³/mol. The lowest BCUT2D eigenvalue weighted by Gasteiger charge is -2.57. The zero-order chi connectivity index (χ0) is 22.7. The van der Waals surface area contributed by atoms with Crippen LogP contribution in [-0.2, 0) is 5.41 Å². The lowest BCUT2D eigenvalue weighted by molar-refractivity contribution is -0.00727. The van der Waals surface area contributed by atoms with Gasteiger partial charge in [-0.25, -0.2) is 0 Å². The second-order valence-corrected chi connectivity index (χ2v) is 10.9. The zero-order valence-electron chi connectivity index (χ0n) is 18.8. The minimum Gasteiger partial charge on any atom is -0.423 e. The number of rotatable bonds is 5. The molecule has 4 aliphatic rings. The highest BCUT2D eigenvalue weighted by Crippen LogP contribution is 2.61. The van der Waals surface area contributed by atoms with E-state index in [-0.39, 0.29) is 12.0 Å². The van der Waals surface area contributed by atoms with Gasteiger partial charge in [-0.2, -0.15) is 0 Å². The summed E-state index contributed by atoms with van der Waals surface area (Å²) in [4.78, 5) is 0. The molecule has 0 saturated heterocycles. The van der Waals surface area contributed by atoms with E-state index in [9.17, 15) is 20.3 Å². The number of hydrogen-bond donors (Lipinski definition) is 4. The quantitative estimate of drug-likeness (QED) is 0.455. The van der Waals surface area contributed by atoms with Crippen molar-refractivity contribution in [1.82, 2.24) is 0 Å². The maximum atomic E-state index is 10.7. The highest BCUT2D eigenvalue weighted by molar-refractivity contribution is 6.58. The molecule has 4 fully saturated rings. The van der Waals surface area contributed by atoms with Gasteiger partial charge in [-0.1, -0.05) is 48.5 Å². The van der Waals surface area contributed by atoms with Crippen LogP contribution in [0.5, 0.6) is 0 Å². The van der Waals surface area contributed by atoms with Crippen LogP contribution < -0.4 is 5.46 Å². The molecule has 0 radical (unpaired) electrons. The van der Waals surface area contributed by atoms with Gasteiger partial charge in [0.25, 0.3) is 0 Å². The van der Waals surface area contributed by atoms with Crippen molar-refractivity contribution in [1.29, 1.82) is 0 Å². The SMILES string of the molecule is OCC(O)c1ccc(-c2ccc3cc(B(O)O)ccc3c2)cc1C12CC3CC(CC(C3)C1)C2. The van der Waals surface area contributed by atoms with Crippen molar-refractivity contribution in [2.45, 2.75) is 50.0 Å². The minimum atomic E-state index is -1.47. The van der Waals surface area contributed by atoms with Crippen LogP contribution in [0, 0.1) is 17.8 Å². The highest BCUT2D eigenvalue weighted by Gasteiger charge is 2.52. The molecule has 7 rings (SSSR count).